The average Bonchev–Trinajstić information content (AvgIpc) is 3.10. The number of benzene rings is 1. The molecule has 0 unspecified atom stereocenters. The van der Waals surface area contributed by atoms with Crippen LogP contribution in [-0.4, -0.2) is 40.1 Å². The van der Waals surface area contributed by atoms with Gasteiger partial charge < -0.3 is 9.64 Å². The number of anilines is 1. The van der Waals surface area contributed by atoms with Gasteiger partial charge in [0.1, 0.15) is 0 Å². The quantitative estimate of drug-likeness (QED) is 0.896. The van der Waals surface area contributed by atoms with E-state index in [0.717, 1.165) is 12.1 Å². The minimum absolute atomic E-state index is 0.0897. The fourth-order valence-corrected chi connectivity index (χ4v) is 3.90. The highest BCUT2D eigenvalue weighted by molar-refractivity contribution is 7.89. The second-order valence-corrected chi connectivity index (χ2v) is 7.04. The van der Waals surface area contributed by atoms with Gasteiger partial charge in [0.15, 0.2) is 0 Å². The molecule has 0 spiro atoms. The Morgan fingerprint density at radius 1 is 1.24 bits per heavy atom. The number of rotatable bonds is 4. The van der Waals surface area contributed by atoms with Crippen LogP contribution in [0.2, 0.25) is 0 Å². The summed E-state index contributed by atoms with van der Waals surface area (Å²) in [5, 5.41) is 0. The third kappa shape index (κ3) is 3.09. The Kier molecular flexibility index (Phi) is 3.97. The number of sulfonamides is 1. The van der Waals surface area contributed by atoms with Crippen LogP contribution in [0, 0.1) is 0 Å². The topological polar surface area (TPSA) is 75.7 Å². The average molecular weight is 310 g/mol. The number of carbonyl (C=O) groups excluding carboxylic acids is 1. The maximum atomic E-state index is 12.2. The molecule has 1 atom stereocenters. The van der Waals surface area contributed by atoms with Crippen molar-refractivity contribution >= 4 is 21.6 Å². The zero-order chi connectivity index (χ0) is 14.9. The molecule has 21 heavy (non-hydrogen) atoms. The van der Waals surface area contributed by atoms with Gasteiger partial charge in [0, 0.05) is 31.3 Å². The monoisotopic (exact) mass is 310 g/mol. The standard InChI is InChI=1S/C14H18N2O4S/c17-14-2-1-8-16(14)12-3-5-13(6-4-12)21(18,19)15-11-7-9-20-10-11/h3-6,11,15H,1-2,7-10H2/t11-/m1/s1. The van der Waals surface area contributed by atoms with Crippen LogP contribution < -0.4 is 9.62 Å². The zero-order valence-corrected chi connectivity index (χ0v) is 12.4. The number of hydrogen-bond acceptors (Lipinski definition) is 4. The van der Waals surface area contributed by atoms with Crippen molar-refractivity contribution < 1.29 is 17.9 Å². The molecule has 0 aliphatic carbocycles. The van der Waals surface area contributed by atoms with Crippen LogP contribution in [-0.2, 0) is 19.6 Å². The predicted molar refractivity (Wildman–Crippen MR) is 77.6 cm³/mol. The number of amides is 1. The molecule has 7 heteroatoms. The molecular weight excluding hydrogens is 292 g/mol. The molecule has 2 heterocycles. The van der Waals surface area contributed by atoms with Crippen molar-refractivity contribution in [3.63, 3.8) is 0 Å². The summed E-state index contributed by atoms with van der Waals surface area (Å²) in [6.45, 7) is 1.70. The lowest BCUT2D eigenvalue weighted by molar-refractivity contribution is -0.117. The summed E-state index contributed by atoms with van der Waals surface area (Å²) >= 11 is 0. The Morgan fingerprint density at radius 3 is 2.57 bits per heavy atom. The van der Waals surface area contributed by atoms with Crippen LogP contribution in [0.1, 0.15) is 19.3 Å². The molecule has 2 aliphatic rings. The lowest BCUT2D eigenvalue weighted by Crippen LogP contribution is -2.35. The molecule has 0 saturated carbocycles. The summed E-state index contributed by atoms with van der Waals surface area (Å²) in [5.41, 5.74) is 0.751. The molecule has 1 aromatic rings. The van der Waals surface area contributed by atoms with Crippen LogP contribution in [0.4, 0.5) is 5.69 Å². The van der Waals surface area contributed by atoms with Gasteiger partial charge in [-0.1, -0.05) is 0 Å². The summed E-state index contributed by atoms with van der Waals surface area (Å²) in [4.78, 5) is 13.6. The first-order valence-electron chi connectivity index (χ1n) is 7.07. The highest BCUT2D eigenvalue weighted by Crippen LogP contribution is 2.23. The van der Waals surface area contributed by atoms with Crippen molar-refractivity contribution in [2.45, 2.75) is 30.2 Å². The SMILES string of the molecule is O=C1CCCN1c1ccc(S(=O)(=O)N[C@@H]2CCOC2)cc1. The Balaban J connectivity index is 1.75. The Morgan fingerprint density at radius 2 is 2.00 bits per heavy atom. The van der Waals surface area contributed by atoms with E-state index in [4.69, 9.17) is 4.74 Å². The van der Waals surface area contributed by atoms with Gasteiger partial charge in [-0.3, -0.25) is 4.79 Å². The van der Waals surface area contributed by atoms with Crippen molar-refractivity contribution in [3.05, 3.63) is 24.3 Å². The van der Waals surface area contributed by atoms with Crippen LogP contribution in [0.15, 0.2) is 29.2 Å². The number of carbonyl (C=O) groups is 1. The fourth-order valence-electron chi connectivity index (χ4n) is 2.64. The second-order valence-electron chi connectivity index (χ2n) is 5.32. The van der Waals surface area contributed by atoms with Crippen molar-refractivity contribution in [2.24, 2.45) is 0 Å². The van der Waals surface area contributed by atoms with Gasteiger partial charge in [-0.15, -0.1) is 0 Å². The lowest BCUT2D eigenvalue weighted by Gasteiger charge is -2.16. The molecule has 3 rings (SSSR count). The van der Waals surface area contributed by atoms with E-state index >= 15 is 0 Å². The molecule has 0 bridgehead atoms. The van der Waals surface area contributed by atoms with E-state index in [9.17, 15) is 13.2 Å². The Labute approximate surface area is 124 Å². The summed E-state index contributed by atoms with van der Waals surface area (Å²) in [6, 6.07) is 6.29. The molecule has 1 N–H and O–H groups in total. The summed E-state index contributed by atoms with van der Waals surface area (Å²) in [6.07, 6.45) is 2.10. The minimum atomic E-state index is -3.53. The summed E-state index contributed by atoms with van der Waals surface area (Å²) in [7, 11) is -3.53. The molecule has 0 radical (unpaired) electrons. The number of nitrogens with zero attached hydrogens (tertiary/aromatic N) is 1. The van der Waals surface area contributed by atoms with Crippen LogP contribution in [0.25, 0.3) is 0 Å². The largest absolute Gasteiger partial charge is 0.380 e. The lowest BCUT2D eigenvalue weighted by atomic mass is 10.3. The highest BCUT2D eigenvalue weighted by atomic mass is 32.2. The Bertz CT molecular complexity index is 621. The first-order valence-corrected chi connectivity index (χ1v) is 8.55. The normalized spacial score (nSPS) is 23.0. The van der Waals surface area contributed by atoms with Crippen LogP contribution in [0.3, 0.4) is 0 Å². The summed E-state index contributed by atoms with van der Waals surface area (Å²) in [5.74, 6) is 0.0897. The van der Waals surface area contributed by atoms with E-state index in [1.165, 1.54) is 0 Å². The van der Waals surface area contributed by atoms with E-state index < -0.39 is 10.0 Å². The van der Waals surface area contributed by atoms with Crippen molar-refractivity contribution in [1.82, 2.24) is 4.72 Å². The molecule has 1 amide bonds. The minimum Gasteiger partial charge on any atom is -0.380 e. The maximum Gasteiger partial charge on any atom is 0.240 e. The van der Waals surface area contributed by atoms with Gasteiger partial charge in [0.2, 0.25) is 15.9 Å². The number of nitrogens with one attached hydrogen (secondary N) is 1. The van der Waals surface area contributed by atoms with Gasteiger partial charge in [-0.2, -0.15) is 0 Å². The highest BCUT2D eigenvalue weighted by Gasteiger charge is 2.25. The number of hydrogen-bond donors (Lipinski definition) is 1. The van der Waals surface area contributed by atoms with Gasteiger partial charge in [0.25, 0.3) is 0 Å². The molecule has 6 nitrogen and oxygen atoms in total. The maximum absolute atomic E-state index is 12.2. The molecule has 2 aliphatic heterocycles. The zero-order valence-electron chi connectivity index (χ0n) is 11.6. The summed E-state index contributed by atoms with van der Waals surface area (Å²) < 4.78 is 32.3. The third-order valence-electron chi connectivity index (χ3n) is 3.78. The fraction of sp³-hybridized carbons (Fsp3) is 0.500. The molecule has 1 aromatic carbocycles. The first kappa shape index (κ1) is 14.5. The molecule has 0 aromatic heterocycles. The molecule has 2 saturated heterocycles. The Hall–Kier alpha value is -1.44. The second kappa shape index (κ2) is 5.75. The first-order chi connectivity index (χ1) is 10.1. The molecular formula is C14H18N2O4S. The van der Waals surface area contributed by atoms with E-state index in [2.05, 4.69) is 4.72 Å². The predicted octanol–water partition coefficient (Wildman–Crippen LogP) is 0.881. The van der Waals surface area contributed by atoms with Gasteiger partial charge in [-0.25, -0.2) is 13.1 Å². The van der Waals surface area contributed by atoms with E-state index in [-0.39, 0.29) is 16.8 Å². The van der Waals surface area contributed by atoms with Crippen molar-refractivity contribution in [3.8, 4) is 0 Å². The van der Waals surface area contributed by atoms with Crippen molar-refractivity contribution in [2.75, 3.05) is 24.7 Å². The van der Waals surface area contributed by atoms with Crippen molar-refractivity contribution in [1.29, 1.82) is 0 Å². The molecule has 114 valence electrons. The third-order valence-corrected chi connectivity index (χ3v) is 5.32. The van der Waals surface area contributed by atoms with Crippen LogP contribution >= 0.6 is 0 Å². The van der Waals surface area contributed by atoms with Gasteiger partial charge in [0.05, 0.1) is 11.5 Å². The molecule has 2 fully saturated rings. The smallest absolute Gasteiger partial charge is 0.240 e. The van der Waals surface area contributed by atoms with Crippen LogP contribution in [0.5, 0.6) is 0 Å². The van der Waals surface area contributed by atoms with E-state index in [1.54, 1.807) is 29.2 Å². The van der Waals surface area contributed by atoms with Gasteiger partial charge >= 0.3 is 0 Å². The van der Waals surface area contributed by atoms with E-state index in [0.29, 0.717) is 32.6 Å². The van der Waals surface area contributed by atoms with E-state index in [1.807, 2.05) is 0 Å². The van der Waals surface area contributed by atoms with Gasteiger partial charge in [-0.05, 0) is 37.1 Å². The number of ether oxygens (including phenoxy) is 1.